The molecule has 30 heavy (non-hydrogen) atoms. The average Bonchev–Trinajstić information content (AvgIpc) is 3.26. The summed E-state index contributed by atoms with van der Waals surface area (Å²) in [7, 11) is 0. The molecule has 3 N–H and O–H groups in total. The number of anilines is 4. The minimum atomic E-state index is -0.126. The van der Waals surface area contributed by atoms with Crippen molar-refractivity contribution in [3.05, 3.63) is 84.8 Å². The predicted octanol–water partition coefficient (Wildman–Crippen LogP) is 5.05. The van der Waals surface area contributed by atoms with Gasteiger partial charge in [-0.15, -0.1) is 0 Å². The first-order chi connectivity index (χ1) is 14.7. The van der Waals surface area contributed by atoms with Gasteiger partial charge in [-0.1, -0.05) is 36.4 Å². The summed E-state index contributed by atoms with van der Waals surface area (Å²) in [6.45, 7) is 1.99. The van der Waals surface area contributed by atoms with E-state index < -0.39 is 0 Å². The number of furan rings is 1. The number of nitrogens with zero attached hydrogens (tertiary/aromatic N) is 2. The van der Waals surface area contributed by atoms with E-state index in [1.54, 1.807) is 6.26 Å². The van der Waals surface area contributed by atoms with Crippen LogP contribution in [-0.2, 0) is 11.3 Å². The molecular formula is C23H21N5O2. The Morgan fingerprint density at radius 2 is 1.77 bits per heavy atom. The number of hydrogen-bond donors (Lipinski definition) is 3. The van der Waals surface area contributed by atoms with Gasteiger partial charge in [0.15, 0.2) is 0 Å². The van der Waals surface area contributed by atoms with Gasteiger partial charge in [0.2, 0.25) is 11.9 Å². The van der Waals surface area contributed by atoms with Crippen LogP contribution in [0.2, 0.25) is 0 Å². The van der Waals surface area contributed by atoms with Gasteiger partial charge < -0.3 is 20.4 Å². The molecular weight excluding hydrogens is 378 g/mol. The molecule has 0 aliphatic carbocycles. The van der Waals surface area contributed by atoms with Crippen LogP contribution in [0.3, 0.4) is 0 Å². The lowest BCUT2D eigenvalue weighted by molar-refractivity contribution is -0.114. The molecule has 0 bridgehead atoms. The lowest BCUT2D eigenvalue weighted by Gasteiger charge is -2.12. The number of benzene rings is 2. The van der Waals surface area contributed by atoms with Gasteiger partial charge in [0.1, 0.15) is 11.6 Å². The van der Waals surface area contributed by atoms with E-state index in [0.717, 1.165) is 22.7 Å². The maximum Gasteiger partial charge on any atom is 0.229 e. The molecule has 0 saturated carbocycles. The van der Waals surface area contributed by atoms with E-state index in [4.69, 9.17) is 4.42 Å². The van der Waals surface area contributed by atoms with Crippen molar-refractivity contribution in [1.29, 1.82) is 0 Å². The van der Waals surface area contributed by atoms with E-state index in [0.29, 0.717) is 24.0 Å². The van der Waals surface area contributed by atoms with Crippen molar-refractivity contribution in [2.24, 2.45) is 0 Å². The Balaban J connectivity index is 1.62. The predicted molar refractivity (Wildman–Crippen MR) is 118 cm³/mol. The second-order valence-electron chi connectivity index (χ2n) is 6.65. The van der Waals surface area contributed by atoms with Crippen molar-refractivity contribution >= 4 is 29.0 Å². The first-order valence-corrected chi connectivity index (χ1v) is 9.51. The molecule has 0 unspecified atom stereocenters. The number of rotatable bonds is 7. The average molecular weight is 399 g/mol. The van der Waals surface area contributed by atoms with Crippen LogP contribution < -0.4 is 16.0 Å². The molecule has 0 radical (unpaired) electrons. The zero-order chi connectivity index (χ0) is 20.8. The molecule has 0 spiro atoms. The number of carbonyl (C=O) groups excluding carboxylic acids is 1. The second-order valence-corrected chi connectivity index (χ2v) is 6.65. The van der Waals surface area contributed by atoms with Gasteiger partial charge in [-0.3, -0.25) is 4.79 Å². The first kappa shape index (κ1) is 19.2. The molecule has 7 nitrogen and oxygen atoms in total. The van der Waals surface area contributed by atoms with E-state index >= 15 is 0 Å². The SMILES string of the molecule is CC(=O)Nc1cccc(Nc2nc(NCc3ccco3)cc(-c3ccccc3)n2)c1. The normalized spacial score (nSPS) is 10.4. The molecule has 150 valence electrons. The molecule has 4 rings (SSSR count). The Labute approximate surface area is 174 Å². The maximum atomic E-state index is 11.3. The van der Waals surface area contributed by atoms with Crippen molar-refractivity contribution < 1.29 is 9.21 Å². The van der Waals surface area contributed by atoms with E-state index in [1.165, 1.54) is 6.92 Å². The Morgan fingerprint density at radius 3 is 2.53 bits per heavy atom. The lowest BCUT2D eigenvalue weighted by Crippen LogP contribution is -2.07. The van der Waals surface area contributed by atoms with Crippen LogP contribution in [0.5, 0.6) is 0 Å². The van der Waals surface area contributed by atoms with Crippen molar-refractivity contribution in [2.75, 3.05) is 16.0 Å². The molecule has 0 atom stereocenters. The van der Waals surface area contributed by atoms with E-state index in [-0.39, 0.29) is 5.91 Å². The van der Waals surface area contributed by atoms with Crippen molar-refractivity contribution in [1.82, 2.24) is 9.97 Å². The quantitative estimate of drug-likeness (QED) is 0.403. The van der Waals surface area contributed by atoms with Crippen LogP contribution >= 0.6 is 0 Å². The summed E-state index contributed by atoms with van der Waals surface area (Å²) in [5.41, 5.74) is 3.23. The molecule has 0 aliphatic rings. The molecule has 1 amide bonds. The van der Waals surface area contributed by atoms with Gasteiger partial charge in [0.05, 0.1) is 18.5 Å². The third kappa shape index (κ3) is 5.02. The van der Waals surface area contributed by atoms with Gasteiger partial charge in [-0.05, 0) is 30.3 Å². The van der Waals surface area contributed by atoms with Crippen molar-refractivity contribution in [3.8, 4) is 11.3 Å². The molecule has 2 heterocycles. The topological polar surface area (TPSA) is 92.1 Å². The number of nitrogens with one attached hydrogen (secondary N) is 3. The molecule has 7 heteroatoms. The van der Waals surface area contributed by atoms with E-state index in [2.05, 4.69) is 25.9 Å². The fourth-order valence-corrected chi connectivity index (χ4v) is 2.95. The molecule has 0 aliphatic heterocycles. The monoisotopic (exact) mass is 399 g/mol. The van der Waals surface area contributed by atoms with Crippen molar-refractivity contribution in [2.45, 2.75) is 13.5 Å². The summed E-state index contributed by atoms with van der Waals surface area (Å²) in [5, 5.41) is 9.28. The molecule has 2 aromatic carbocycles. The molecule has 0 fully saturated rings. The van der Waals surface area contributed by atoms with Gasteiger partial charge in [0.25, 0.3) is 0 Å². The Kier molecular flexibility index (Phi) is 5.70. The largest absolute Gasteiger partial charge is 0.467 e. The Bertz CT molecular complexity index is 1130. The Morgan fingerprint density at radius 1 is 0.933 bits per heavy atom. The van der Waals surface area contributed by atoms with Crippen LogP contribution in [0, 0.1) is 0 Å². The molecule has 2 aromatic heterocycles. The number of hydrogen-bond acceptors (Lipinski definition) is 6. The first-order valence-electron chi connectivity index (χ1n) is 9.51. The third-order valence-corrected chi connectivity index (χ3v) is 4.26. The highest BCUT2D eigenvalue weighted by atomic mass is 16.3. The van der Waals surface area contributed by atoms with Crippen LogP contribution in [0.25, 0.3) is 11.3 Å². The summed E-state index contributed by atoms with van der Waals surface area (Å²) in [4.78, 5) is 20.6. The van der Waals surface area contributed by atoms with Crippen LogP contribution in [0.15, 0.2) is 83.5 Å². The standard InChI is InChI=1S/C23H21N5O2/c1-16(29)25-18-9-5-10-19(13-18)26-23-27-21(17-7-3-2-4-8-17)14-22(28-23)24-15-20-11-6-12-30-20/h2-14H,15H2,1H3,(H,25,29)(H2,24,26,27,28). The highest BCUT2D eigenvalue weighted by Crippen LogP contribution is 2.24. The summed E-state index contributed by atoms with van der Waals surface area (Å²) >= 11 is 0. The van der Waals surface area contributed by atoms with Gasteiger partial charge in [0, 0.05) is 29.9 Å². The van der Waals surface area contributed by atoms with Gasteiger partial charge in [-0.2, -0.15) is 4.98 Å². The maximum absolute atomic E-state index is 11.3. The second kappa shape index (κ2) is 8.91. The van der Waals surface area contributed by atoms with Crippen LogP contribution in [-0.4, -0.2) is 15.9 Å². The summed E-state index contributed by atoms with van der Waals surface area (Å²) in [6, 6.07) is 22.9. The van der Waals surface area contributed by atoms with Crippen LogP contribution in [0.4, 0.5) is 23.1 Å². The highest BCUT2D eigenvalue weighted by molar-refractivity contribution is 5.89. The third-order valence-electron chi connectivity index (χ3n) is 4.26. The summed E-state index contributed by atoms with van der Waals surface area (Å²) in [5.74, 6) is 1.80. The number of carbonyl (C=O) groups is 1. The molecule has 4 aromatic rings. The van der Waals surface area contributed by atoms with E-state index in [1.807, 2.05) is 72.8 Å². The zero-order valence-corrected chi connectivity index (χ0v) is 16.4. The summed E-state index contributed by atoms with van der Waals surface area (Å²) < 4.78 is 5.38. The smallest absolute Gasteiger partial charge is 0.229 e. The highest BCUT2D eigenvalue weighted by Gasteiger charge is 2.08. The fraction of sp³-hybridized carbons (Fsp3) is 0.0870. The minimum absolute atomic E-state index is 0.126. The van der Waals surface area contributed by atoms with Crippen LogP contribution in [0.1, 0.15) is 12.7 Å². The number of amides is 1. The van der Waals surface area contributed by atoms with E-state index in [9.17, 15) is 4.79 Å². The fourth-order valence-electron chi connectivity index (χ4n) is 2.95. The lowest BCUT2D eigenvalue weighted by atomic mass is 10.1. The van der Waals surface area contributed by atoms with Crippen molar-refractivity contribution in [3.63, 3.8) is 0 Å². The Hall–Kier alpha value is -4.13. The summed E-state index contributed by atoms with van der Waals surface area (Å²) in [6.07, 6.45) is 1.64. The molecule has 0 saturated heterocycles. The zero-order valence-electron chi connectivity index (χ0n) is 16.4. The minimum Gasteiger partial charge on any atom is -0.467 e. The van der Waals surface area contributed by atoms with Gasteiger partial charge >= 0.3 is 0 Å². The van der Waals surface area contributed by atoms with Gasteiger partial charge in [-0.25, -0.2) is 4.98 Å². The number of aromatic nitrogens is 2.